The number of nitrogens with one attached hydrogen (secondary N) is 2. The van der Waals surface area contributed by atoms with Gasteiger partial charge in [0.2, 0.25) is 5.91 Å². The van der Waals surface area contributed by atoms with Crippen LogP contribution in [0.1, 0.15) is 53.8 Å². The second kappa shape index (κ2) is 11.1. The maximum atomic E-state index is 13.1. The van der Waals surface area contributed by atoms with Gasteiger partial charge in [-0.1, -0.05) is 43.6 Å². The number of amides is 3. The van der Waals surface area contributed by atoms with Gasteiger partial charge in [0.05, 0.1) is 16.5 Å². The summed E-state index contributed by atoms with van der Waals surface area (Å²) in [7, 11) is 0. The van der Waals surface area contributed by atoms with Crippen molar-refractivity contribution >= 4 is 35.0 Å². The summed E-state index contributed by atoms with van der Waals surface area (Å²) in [5.74, 6) is -0.118. The lowest BCUT2D eigenvalue weighted by Gasteiger charge is -2.32. The first-order valence-corrected chi connectivity index (χ1v) is 11.5. The smallest absolute Gasteiger partial charge is 0.257 e. The predicted octanol–water partition coefficient (Wildman–Crippen LogP) is 4.61. The maximum absolute atomic E-state index is 13.1. The molecule has 0 aromatic heterocycles. The summed E-state index contributed by atoms with van der Waals surface area (Å²) in [6, 6.07) is 13.6. The van der Waals surface area contributed by atoms with Gasteiger partial charge in [0.1, 0.15) is 0 Å². The van der Waals surface area contributed by atoms with Gasteiger partial charge in [-0.25, -0.2) is 0 Å². The van der Waals surface area contributed by atoms with Crippen molar-refractivity contribution in [3.8, 4) is 0 Å². The number of rotatable bonds is 7. The number of hydrogen-bond donors (Lipinski definition) is 2. The van der Waals surface area contributed by atoms with Crippen molar-refractivity contribution < 1.29 is 14.4 Å². The molecule has 1 unspecified atom stereocenters. The number of benzene rings is 2. The fourth-order valence-corrected chi connectivity index (χ4v) is 3.98. The van der Waals surface area contributed by atoms with Crippen molar-refractivity contribution in [3.63, 3.8) is 0 Å². The van der Waals surface area contributed by atoms with E-state index >= 15 is 0 Å². The Bertz CT molecular complexity index is 976. The molecule has 170 valence electrons. The molecule has 1 saturated heterocycles. The molecule has 6 nitrogen and oxygen atoms in total. The number of carbonyl (C=O) groups is 3. The summed E-state index contributed by atoms with van der Waals surface area (Å²) in [6.45, 7) is 5.93. The number of nitrogens with zero attached hydrogens (tertiary/aromatic N) is 1. The molecule has 0 radical (unpaired) electrons. The molecule has 0 spiro atoms. The molecule has 3 rings (SSSR count). The highest BCUT2D eigenvalue weighted by Gasteiger charge is 2.29. The van der Waals surface area contributed by atoms with Crippen molar-refractivity contribution in [1.29, 1.82) is 0 Å². The molecule has 0 saturated carbocycles. The number of likely N-dealkylation sites (tertiary alicyclic amines) is 1. The Labute approximate surface area is 194 Å². The highest BCUT2D eigenvalue weighted by atomic mass is 35.5. The van der Waals surface area contributed by atoms with Gasteiger partial charge in [0.15, 0.2) is 0 Å². The maximum Gasteiger partial charge on any atom is 0.257 e. The van der Waals surface area contributed by atoms with Crippen LogP contribution in [0.4, 0.5) is 5.69 Å². The van der Waals surface area contributed by atoms with Crippen LogP contribution in [0, 0.1) is 11.8 Å². The third-order valence-corrected chi connectivity index (χ3v) is 5.92. The van der Waals surface area contributed by atoms with Crippen LogP contribution >= 0.6 is 11.6 Å². The molecule has 1 fully saturated rings. The summed E-state index contributed by atoms with van der Waals surface area (Å²) in [4.78, 5) is 39.9. The number of piperidine rings is 1. The van der Waals surface area contributed by atoms with E-state index in [1.165, 1.54) is 0 Å². The molecule has 2 aromatic rings. The SMILES string of the molecule is CC(C)CCNC(=O)C1CCCN(C(=O)c2cccc(NC(=O)c3ccccc3Cl)c2)C1. The second-order valence-corrected chi connectivity index (χ2v) is 8.99. The molecule has 1 heterocycles. The van der Waals surface area contributed by atoms with Gasteiger partial charge >= 0.3 is 0 Å². The van der Waals surface area contributed by atoms with Gasteiger partial charge in [-0.05, 0) is 55.5 Å². The van der Waals surface area contributed by atoms with Gasteiger partial charge in [-0.2, -0.15) is 0 Å². The van der Waals surface area contributed by atoms with Crippen LogP contribution in [0.2, 0.25) is 5.02 Å². The minimum Gasteiger partial charge on any atom is -0.356 e. The van der Waals surface area contributed by atoms with E-state index in [0.29, 0.717) is 47.4 Å². The van der Waals surface area contributed by atoms with E-state index in [-0.39, 0.29) is 23.6 Å². The summed E-state index contributed by atoms with van der Waals surface area (Å²) in [5.41, 5.74) is 1.36. The van der Waals surface area contributed by atoms with Crippen LogP contribution in [0.3, 0.4) is 0 Å². The predicted molar refractivity (Wildman–Crippen MR) is 127 cm³/mol. The van der Waals surface area contributed by atoms with Crippen LogP contribution in [-0.2, 0) is 4.79 Å². The first kappa shape index (κ1) is 23.8. The Morgan fingerprint density at radius 3 is 2.66 bits per heavy atom. The number of carbonyl (C=O) groups excluding carboxylic acids is 3. The molecule has 1 aliphatic heterocycles. The number of hydrogen-bond acceptors (Lipinski definition) is 3. The van der Waals surface area contributed by atoms with E-state index < -0.39 is 0 Å². The second-order valence-electron chi connectivity index (χ2n) is 8.58. The molecular formula is C25H30ClN3O3. The zero-order chi connectivity index (χ0) is 23.1. The lowest BCUT2D eigenvalue weighted by molar-refractivity contribution is -0.126. The van der Waals surface area contributed by atoms with Crippen LogP contribution < -0.4 is 10.6 Å². The Balaban J connectivity index is 1.63. The Hall–Kier alpha value is -2.86. The standard InChI is InChI=1S/C25H30ClN3O3/c1-17(2)12-13-27-23(30)19-8-6-14-29(16-19)25(32)18-7-5-9-20(15-18)28-24(31)21-10-3-4-11-22(21)26/h3-5,7,9-11,15,17,19H,6,8,12-14,16H2,1-2H3,(H,27,30)(H,28,31). The topological polar surface area (TPSA) is 78.5 Å². The van der Waals surface area contributed by atoms with Crippen LogP contribution in [0.5, 0.6) is 0 Å². The molecule has 0 aliphatic carbocycles. The molecule has 2 aromatic carbocycles. The van der Waals surface area contributed by atoms with Gasteiger partial charge in [0.25, 0.3) is 11.8 Å². The molecule has 32 heavy (non-hydrogen) atoms. The Morgan fingerprint density at radius 2 is 1.91 bits per heavy atom. The van der Waals surface area contributed by atoms with E-state index in [1.807, 2.05) is 0 Å². The quantitative estimate of drug-likeness (QED) is 0.640. The molecule has 7 heteroatoms. The zero-order valence-corrected chi connectivity index (χ0v) is 19.3. The van der Waals surface area contributed by atoms with Crippen molar-refractivity contribution in [2.45, 2.75) is 33.1 Å². The monoisotopic (exact) mass is 455 g/mol. The summed E-state index contributed by atoms with van der Waals surface area (Å²) < 4.78 is 0. The Morgan fingerprint density at radius 1 is 1.12 bits per heavy atom. The third kappa shape index (κ3) is 6.33. The van der Waals surface area contributed by atoms with E-state index in [4.69, 9.17) is 11.6 Å². The molecular weight excluding hydrogens is 426 g/mol. The van der Waals surface area contributed by atoms with Crippen molar-refractivity contribution in [2.75, 3.05) is 25.0 Å². The average Bonchev–Trinajstić information content (AvgIpc) is 2.78. The van der Waals surface area contributed by atoms with Gasteiger partial charge in [0, 0.05) is 30.9 Å². The third-order valence-electron chi connectivity index (χ3n) is 5.59. The largest absolute Gasteiger partial charge is 0.356 e. The minimum absolute atomic E-state index is 0.0175. The average molecular weight is 456 g/mol. The zero-order valence-electron chi connectivity index (χ0n) is 18.6. The fourth-order valence-electron chi connectivity index (χ4n) is 3.76. The molecule has 2 N–H and O–H groups in total. The summed E-state index contributed by atoms with van der Waals surface area (Å²) in [6.07, 6.45) is 2.51. The molecule has 3 amide bonds. The van der Waals surface area contributed by atoms with Crippen molar-refractivity contribution in [3.05, 3.63) is 64.7 Å². The van der Waals surface area contributed by atoms with Crippen LogP contribution in [0.25, 0.3) is 0 Å². The number of anilines is 1. The first-order valence-electron chi connectivity index (χ1n) is 11.1. The first-order chi connectivity index (χ1) is 15.3. The number of halogens is 1. The molecule has 0 bridgehead atoms. The van der Waals surface area contributed by atoms with Crippen molar-refractivity contribution in [2.24, 2.45) is 11.8 Å². The lowest BCUT2D eigenvalue weighted by Crippen LogP contribution is -2.45. The van der Waals surface area contributed by atoms with Crippen LogP contribution in [0.15, 0.2) is 48.5 Å². The summed E-state index contributed by atoms with van der Waals surface area (Å²) in [5, 5.41) is 6.16. The highest BCUT2D eigenvalue weighted by Crippen LogP contribution is 2.22. The van der Waals surface area contributed by atoms with E-state index in [2.05, 4.69) is 24.5 Å². The van der Waals surface area contributed by atoms with E-state index in [9.17, 15) is 14.4 Å². The highest BCUT2D eigenvalue weighted by molar-refractivity contribution is 6.34. The van der Waals surface area contributed by atoms with E-state index in [1.54, 1.807) is 53.4 Å². The normalized spacial score (nSPS) is 16.0. The molecule has 1 aliphatic rings. The summed E-state index contributed by atoms with van der Waals surface area (Å²) >= 11 is 6.10. The van der Waals surface area contributed by atoms with Crippen molar-refractivity contribution in [1.82, 2.24) is 10.2 Å². The van der Waals surface area contributed by atoms with Crippen LogP contribution in [-0.4, -0.2) is 42.3 Å². The lowest BCUT2D eigenvalue weighted by atomic mass is 9.96. The van der Waals surface area contributed by atoms with Gasteiger partial charge in [-0.3, -0.25) is 14.4 Å². The van der Waals surface area contributed by atoms with Gasteiger partial charge < -0.3 is 15.5 Å². The molecule has 1 atom stereocenters. The fraction of sp³-hybridized carbons (Fsp3) is 0.400. The van der Waals surface area contributed by atoms with E-state index in [0.717, 1.165) is 19.3 Å². The minimum atomic E-state index is -0.337. The van der Waals surface area contributed by atoms with Gasteiger partial charge in [-0.15, -0.1) is 0 Å². The Kier molecular flexibility index (Phi) is 8.28.